The van der Waals surface area contributed by atoms with E-state index in [1.165, 1.54) is 11.1 Å². The highest BCUT2D eigenvalue weighted by Crippen LogP contribution is 2.24. The third kappa shape index (κ3) is 4.76. The number of benzene rings is 1. The first-order chi connectivity index (χ1) is 8.04. The predicted molar refractivity (Wildman–Crippen MR) is 77.2 cm³/mol. The summed E-state index contributed by atoms with van der Waals surface area (Å²) in [6, 6.07) is 6.60. The molecule has 0 aliphatic rings. The van der Waals surface area contributed by atoms with Gasteiger partial charge < -0.3 is 16.0 Å². The van der Waals surface area contributed by atoms with Crippen LogP contribution in [0, 0.1) is 6.92 Å². The smallest absolute Gasteiger partial charge is 0.0456 e. The lowest BCUT2D eigenvalue weighted by Gasteiger charge is -2.20. The maximum absolute atomic E-state index is 5.83. The van der Waals surface area contributed by atoms with Crippen LogP contribution in [0.5, 0.6) is 0 Å². The van der Waals surface area contributed by atoms with Crippen LogP contribution >= 0.6 is 15.9 Å². The second-order valence-electron chi connectivity index (χ2n) is 4.57. The molecule has 0 saturated carbocycles. The van der Waals surface area contributed by atoms with Gasteiger partial charge in [-0.3, -0.25) is 0 Å². The maximum atomic E-state index is 5.83. The van der Waals surface area contributed by atoms with Crippen molar-refractivity contribution in [1.82, 2.24) is 10.2 Å². The highest BCUT2D eigenvalue weighted by Gasteiger charge is 2.12. The summed E-state index contributed by atoms with van der Waals surface area (Å²) in [5, 5.41) is 3.48. The molecule has 4 heteroatoms. The predicted octanol–water partition coefficient (Wildman–Crippen LogP) is 1.91. The van der Waals surface area contributed by atoms with Gasteiger partial charge in [-0.25, -0.2) is 0 Å². The van der Waals surface area contributed by atoms with E-state index in [1.54, 1.807) is 0 Å². The summed E-state index contributed by atoms with van der Waals surface area (Å²) >= 11 is 3.60. The minimum absolute atomic E-state index is 0.213. The second-order valence-corrected chi connectivity index (χ2v) is 5.42. The van der Waals surface area contributed by atoms with Gasteiger partial charge in [0, 0.05) is 30.1 Å². The molecule has 1 unspecified atom stereocenters. The molecule has 0 amide bonds. The molecule has 1 aromatic rings. The molecule has 0 heterocycles. The molecule has 0 aliphatic heterocycles. The van der Waals surface area contributed by atoms with Crippen LogP contribution in [0.15, 0.2) is 22.7 Å². The Labute approximate surface area is 113 Å². The number of halogens is 1. The summed E-state index contributed by atoms with van der Waals surface area (Å²) in [6.45, 7) is 4.65. The van der Waals surface area contributed by atoms with Crippen LogP contribution in [-0.4, -0.2) is 38.6 Å². The number of rotatable bonds is 6. The molecule has 0 spiro atoms. The minimum atomic E-state index is 0.213. The minimum Gasteiger partial charge on any atom is -0.329 e. The molecule has 0 fully saturated rings. The Morgan fingerprint density at radius 3 is 2.65 bits per heavy atom. The normalized spacial score (nSPS) is 13.1. The van der Waals surface area contributed by atoms with Crippen LogP contribution in [0.3, 0.4) is 0 Å². The van der Waals surface area contributed by atoms with Gasteiger partial charge in [0.15, 0.2) is 0 Å². The van der Waals surface area contributed by atoms with Gasteiger partial charge in [0.25, 0.3) is 0 Å². The van der Waals surface area contributed by atoms with Gasteiger partial charge >= 0.3 is 0 Å². The quantitative estimate of drug-likeness (QED) is 0.843. The van der Waals surface area contributed by atoms with Crippen LogP contribution < -0.4 is 11.1 Å². The zero-order valence-electron chi connectivity index (χ0n) is 10.8. The van der Waals surface area contributed by atoms with Crippen molar-refractivity contribution in [2.24, 2.45) is 5.73 Å². The number of likely N-dealkylation sites (N-methyl/N-ethyl adjacent to an activating group) is 1. The Bertz CT molecular complexity index is 353. The molecule has 0 saturated heterocycles. The summed E-state index contributed by atoms with van der Waals surface area (Å²) in [7, 11) is 4.14. The number of hydrogen-bond donors (Lipinski definition) is 2. The van der Waals surface area contributed by atoms with E-state index in [-0.39, 0.29) is 6.04 Å². The molecule has 0 aromatic heterocycles. The summed E-state index contributed by atoms with van der Waals surface area (Å²) < 4.78 is 1.13. The van der Waals surface area contributed by atoms with E-state index in [9.17, 15) is 0 Å². The van der Waals surface area contributed by atoms with Crippen molar-refractivity contribution in [2.45, 2.75) is 13.0 Å². The Hall–Kier alpha value is -0.420. The molecular weight excluding hydrogens is 278 g/mol. The van der Waals surface area contributed by atoms with Crippen molar-refractivity contribution in [3.63, 3.8) is 0 Å². The molecule has 3 nitrogen and oxygen atoms in total. The Kier molecular flexibility index (Phi) is 6.12. The van der Waals surface area contributed by atoms with Crippen molar-refractivity contribution in [1.29, 1.82) is 0 Å². The van der Waals surface area contributed by atoms with Gasteiger partial charge in [0.2, 0.25) is 0 Å². The van der Waals surface area contributed by atoms with Gasteiger partial charge in [-0.1, -0.05) is 28.1 Å². The SMILES string of the molecule is Cc1ccc(C(CN)NCCN(C)C)c(Br)c1. The third-order valence-corrected chi connectivity index (χ3v) is 3.40. The van der Waals surface area contributed by atoms with Gasteiger partial charge in [-0.15, -0.1) is 0 Å². The average Bonchev–Trinajstić information content (AvgIpc) is 2.25. The fourth-order valence-corrected chi connectivity index (χ4v) is 2.47. The number of nitrogens with one attached hydrogen (secondary N) is 1. The van der Waals surface area contributed by atoms with Gasteiger partial charge in [-0.05, 0) is 38.2 Å². The van der Waals surface area contributed by atoms with E-state index in [4.69, 9.17) is 5.73 Å². The van der Waals surface area contributed by atoms with Crippen LogP contribution in [0.2, 0.25) is 0 Å². The van der Waals surface area contributed by atoms with E-state index in [0.717, 1.165) is 17.6 Å². The maximum Gasteiger partial charge on any atom is 0.0456 e. The van der Waals surface area contributed by atoms with Crippen molar-refractivity contribution in [2.75, 3.05) is 33.7 Å². The molecule has 0 aliphatic carbocycles. The third-order valence-electron chi connectivity index (χ3n) is 2.72. The number of aryl methyl sites for hydroxylation is 1. The summed E-state index contributed by atoms with van der Waals surface area (Å²) in [5.74, 6) is 0. The molecule has 0 bridgehead atoms. The second kappa shape index (κ2) is 7.11. The standard InChI is InChI=1S/C13H22BrN3/c1-10-4-5-11(12(14)8-10)13(9-15)16-6-7-17(2)3/h4-5,8,13,16H,6-7,9,15H2,1-3H3. The van der Waals surface area contributed by atoms with Gasteiger partial charge in [0.1, 0.15) is 0 Å². The number of nitrogens with zero attached hydrogens (tertiary/aromatic N) is 1. The molecule has 96 valence electrons. The van der Waals surface area contributed by atoms with Crippen molar-refractivity contribution >= 4 is 15.9 Å². The van der Waals surface area contributed by atoms with Gasteiger partial charge in [-0.2, -0.15) is 0 Å². The molecular formula is C13H22BrN3. The fraction of sp³-hybridized carbons (Fsp3) is 0.538. The lowest BCUT2D eigenvalue weighted by Crippen LogP contribution is -2.33. The lowest BCUT2D eigenvalue weighted by atomic mass is 10.1. The van der Waals surface area contributed by atoms with Crippen molar-refractivity contribution < 1.29 is 0 Å². The van der Waals surface area contributed by atoms with Crippen LogP contribution in [0.25, 0.3) is 0 Å². The van der Waals surface area contributed by atoms with Crippen LogP contribution in [0.1, 0.15) is 17.2 Å². The number of nitrogens with two attached hydrogens (primary N) is 1. The van der Waals surface area contributed by atoms with E-state index >= 15 is 0 Å². The first-order valence-electron chi connectivity index (χ1n) is 5.89. The van der Waals surface area contributed by atoms with E-state index < -0.39 is 0 Å². The van der Waals surface area contributed by atoms with E-state index in [0.29, 0.717) is 6.54 Å². The van der Waals surface area contributed by atoms with E-state index in [1.807, 2.05) is 0 Å². The molecule has 1 aromatic carbocycles. The zero-order chi connectivity index (χ0) is 12.8. The van der Waals surface area contributed by atoms with Crippen molar-refractivity contribution in [3.05, 3.63) is 33.8 Å². The first-order valence-corrected chi connectivity index (χ1v) is 6.68. The Balaban J connectivity index is 2.66. The lowest BCUT2D eigenvalue weighted by molar-refractivity contribution is 0.385. The van der Waals surface area contributed by atoms with E-state index in [2.05, 4.69) is 65.4 Å². The van der Waals surface area contributed by atoms with Gasteiger partial charge in [0.05, 0.1) is 0 Å². The van der Waals surface area contributed by atoms with Crippen LogP contribution in [-0.2, 0) is 0 Å². The summed E-state index contributed by atoms with van der Waals surface area (Å²) in [4.78, 5) is 2.16. The Morgan fingerprint density at radius 2 is 2.12 bits per heavy atom. The largest absolute Gasteiger partial charge is 0.329 e. The molecule has 17 heavy (non-hydrogen) atoms. The highest BCUT2D eigenvalue weighted by molar-refractivity contribution is 9.10. The average molecular weight is 300 g/mol. The molecule has 0 radical (unpaired) electrons. The monoisotopic (exact) mass is 299 g/mol. The summed E-state index contributed by atoms with van der Waals surface area (Å²) in [6.07, 6.45) is 0. The summed E-state index contributed by atoms with van der Waals surface area (Å²) in [5.41, 5.74) is 8.32. The molecule has 1 atom stereocenters. The molecule has 1 rings (SSSR count). The van der Waals surface area contributed by atoms with Crippen LogP contribution in [0.4, 0.5) is 0 Å². The Morgan fingerprint density at radius 1 is 1.41 bits per heavy atom. The zero-order valence-corrected chi connectivity index (χ0v) is 12.4. The first kappa shape index (κ1) is 14.6. The fourth-order valence-electron chi connectivity index (χ4n) is 1.70. The topological polar surface area (TPSA) is 41.3 Å². The van der Waals surface area contributed by atoms with Crippen molar-refractivity contribution in [3.8, 4) is 0 Å². The number of hydrogen-bond acceptors (Lipinski definition) is 3. The highest BCUT2D eigenvalue weighted by atomic mass is 79.9. The molecule has 3 N–H and O–H groups in total.